The average Bonchev–Trinajstić information content (AvgIpc) is 2.50. The average molecular weight is 424 g/mol. The smallest absolute Gasteiger partial charge is 0.278 e. The SMILES string of the molecule is CC(=O)NC(=O)NC(=O)NC(=O)NS(=O)(=O)c1ccccc1CCC(F)(F)F. The van der Waals surface area contributed by atoms with E-state index in [4.69, 9.17) is 0 Å². The zero-order chi connectivity index (χ0) is 21.5. The summed E-state index contributed by atoms with van der Waals surface area (Å²) in [6, 6.07) is 0.418. The van der Waals surface area contributed by atoms with Crippen LogP contribution in [0, 0.1) is 0 Å². The van der Waals surface area contributed by atoms with E-state index >= 15 is 0 Å². The molecule has 0 aliphatic heterocycles. The van der Waals surface area contributed by atoms with Crippen molar-refractivity contribution >= 4 is 34.0 Å². The molecule has 0 spiro atoms. The molecule has 0 heterocycles. The molecule has 0 aromatic heterocycles. The van der Waals surface area contributed by atoms with Gasteiger partial charge in [0, 0.05) is 13.3 Å². The largest absolute Gasteiger partial charge is 0.389 e. The van der Waals surface area contributed by atoms with Crippen LogP contribution in [0.2, 0.25) is 0 Å². The number of halogens is 3. The number of amides is 7. The van der Waals surface area contributed by atoms with E-state index in [9.17, 15) is 40.8 Å². The van der Waals surface area contributed by atoms with Gasteiger partial charge >= 0.3 is 24.3 Å². The van der Waals surface area contributed by atoms with Crippen molar-refractivity contribution in [3.63, 3.8) is 0 Å². The van der Waals surface area contributed by atoms with Crippen molar-refractivity contribution in [1.82, 2.24) is 20.7 Å². The first-order valence-electron chi connectivity index (χ1n) is 7.41. The number of sulfonamides is 1. The van der Waals surface area contributed by atoms with Gasteiger partial charge in [-0.1, -0.05) is 18.2 Å². The van der Waals surface area contributed by atoms with Gasteiger partial charge in [0.2, 0.25) is 5.91 Å². The molecule has 154 valence electrons. The molecule has 0 radical (unpaired) electrons. The first-order chi connectivity index (χ1) is 12.8. The number of aryl methyl sites for hydroxylation is 1. The van der Waals surface area contributed by atoms with E-state index in [1.807, 2.05) is 0 Å². The van der Waals surface area contributed by atoms with Crippen molar-refractivity contribution in [2.24, 2.45) is 0 Å². The number of carbonyl (C=O) groups is 4. The second-order valence-corrected chi connectivity index (χ2v) is 6.90. The third-order valence-corrected chi connectivity index (χ3v) is 4.34. The van der Waals surface area contributed by atoms with Crippen LogP contribution in [0.3, 0.4) is 0 Å². The Bertz CT molecular complexity index is 885. The van der Waals surface area contributed by atoms with Gasteiger partial charge in [-0.3, -0.25) is 20.7 Å². The van der Waals surface area contributed by atoms with Crippen LogP contribution in [0.4, 0.5) is 27.6 Å². The van der Waals surface area contributed by atoms with Gasteiger partial charge in [-0.2, -0.15) is 13.2 Å². The number of carbonyl (C=O) groups excluding carboxylic acids is 4. The molecule has 0 fully saturated rings. The number of hydrogen-bond acceptors (Lipinski definition) is 6. The monoisotopic (exact) mass is 424 g/mol. The maximum atomic E-state index is 12.4. The lowest BCUT2D eigenvalue weighted by Crippen LogP contribution is -2.51. The molecule has 7 amide bonds. The third kappa shape index (κ3) is 8.03. The number of alkyl halides is 3. The Kier molecular flexibility index (Phi) is 7.49. The molecule has 0 unspecified atom stereocenters. The highest BCUT2D eigenvalue weighted by Gasteiger charge is 2.29. The van der Waals surface area contributed by atoms with Crippen LogP contribution in [0.15, 0.2) is 29.2 Å². The van der Waals surface area contributed by atoms with E-state index in [2.05, 4.69) is 0 Å². The zero-order valence-corrected chi connectivity index (χ0v) is 15.0. The van der Waals surface area contributed by atoms with Gasteiger partial charge in [0.1, 0.15) is 0 Å². The summed E-state index contributed by atoms with van der Waals surface area (Å²) in [6.07, 6.45) is -6.44. The Morgan fingerprint density at radius 3 is 2.04 bits per heavy atom. The van der Waals surface area contributed by atoms with Crippen LogP contribution in [-0.2, 0) is 21.2 Å². The zero-order valence-electron chi connectivity index (χ0n) is 14.2. The Balaban J connectivity index is 2.81. The Morgan fingerprint density at radius 2 is 1.46 bits per heavy atom. The van der Waals surface area contributed by atoms with Crippen LogP contribution in [-0.4, -0.2) is 38.6 Å². The summed E-state index contributed by atoms with van der Waals surface area (Å²) in [5, 5.41) is 4.63. The summed E-state index contributed by atoms with van der Waals surface area (Å²) in [6.45, 7) is 0.979. The molecule has 1 rings (SSSR count). The van der Waals surface area contributed by atoms with Crippen molar-refractivity contribution in [2.45, 2.75) is 30.8 Å². The van der Waals surface area contributed by atoms with Gasteiger partial charge < -0.3 is 0 Å². The molecule has 0 atom stereocenters. The van der Waals surface area contributed by atoms with Crippen molar-refractivity contribution in [1.29, 1.82) is 0 Å². The molecule has 0 saturated carbocycles. The molecule has 1 aromatic carbocycles. The Morgan fingerprint density at radius 1 is 0.929 bits per heavy atom. The standard InChI is InChI=1S/C14H15F3N4O6S/c1-8(22)18-11(23)19-12(24)20-13(25)21-28(26,27)10-5-3-2-4-9(10)6-7-14(15,16)17/h2-5H,6-7H2,1H3,(H4,18,19,20,21,22,23,24,25). The van der Waals surface area contributed by atoms with Crippen LogP contribution in [0.1, 0.15) is 18.9 Å². The van der Waals surface area contributed by atoms with Gasteiger partial charge in [0.05, 0.1) is 4.90 Å². The number of rotatable bonds is 4. The van der Waals surface area contributed by atoms with Crippen LogP contribution >= 0.6 is 0 Å². The fourth-order valence-corrected chi connectivity index (χ4v) is 3.06. The van der Waals surface area contributed by atoms with Gasteiger partial charge in [0.15, 0.2) is 0 Å². The van der Waals surface area contributed by atoms with Crippen LogP contribution in [0.25, 0.3) is 0 Å². The Labute approximate surface area is 156 Å². The highest BCUT2D eigenvalue weighted by atomic mass is 32.2. The summed E-state index contributed by atoms with van der Waals surface area (Å²) >= 11 is 0. The predicted octanol–water partition coefficient (Wildman–Crippen LogP) is 1.14. The number of urea groups is 3. The van der Waals surface area contributed by atoms with Crippen molar-refractivity contribution in [3.05, 3.63) is 29.8 Å². The third-order valence-electron chi connectivity index (χ3n) is 2.91. The van der Waals surface area contributed by atoms with Crippen molar-refractivity contribution in [2.75, 3.05) is 0 Å². The lowest BCUT2D eigenvalue weighted by molar-refractivity contribution is -0.134. The fourth-order valence-electron chi connectivity index (χ4n) is 1.88. The first-order valence-corrected chi connectivity index (χ1v) is 8.89. The molecule has 1 aromatic rings. The topological polar surface area (TPSA) is 151 Å². The predicted molar refractivity (Wildman–Crippen MR) is 87.4 cm³/mol. The van der Waals surface area contributed by atoms with Gasteiger partial charge in [0.25, 0.3) is 10.0 Å². The van der Waals surface area contributed by atoms with Crippen LogP contribution in [0.5, 0.6) is 0 Å². The van der Waals surface area contributed by atoms with E-state index in [1.54, 1.807) is 5.32 Å². The minimum atomic E-state index is -4.61. The highest BCUT2D eigenvalue weighted by Crippen LogP contribution is 2.24. The second kappa shape index (κ2) is 9.16. The lowest BCUT2D eigenvalue weighted by atomic mass is 10.1. The molecule has 4 N–H and O–H groups in total. The van der Waals surface area contributed by atoms with Gasteiger partial charge in [-0.15, -0.1) is 0 Å². The first kappa shape index (κ1) is 22.9. The molecule has 10 nitrogen and oxygen atoms in total. The van der Waals surface area contributed by atoms with Crippen molar-refractivity contribution < 1.29 is 40.8 Å². The van der Waals surface area contributed by atoms with E-state index in [-0.39, 0.29) is 5.56 Å². The highest BCUT2D eigenvalue weighted by molar-refractivity contribution is 7.90. The summed E-state index contributed by atoms with van der Waals surface area (Å²) in [4.78, 5) is 44.1. The Hall–Kier alpha value is -3.16. The second-order valence-electron chi connectivity index (χ2n) is 5.25. The van der Waals surface area contributed by atoms with Crippen LogP contribution < -0.4 is 20.7 Å². The summed E-state index contributed by atoms with van der Waals surface area (Å²) in [7, 11) is -4.61. The van der Waals surface area contributed by atoms with E-state index in [1.165, 1.54) is 27.5 Å². The molecule has 0 saturated heterocycles. The maximum absolute atomic E-state index is 12.4. The fraction of sp³-hybridized carbons (Fsp3) is 0.286. The van der Waals surface area contributed by atoms with Crippen molar-refractivity contribution in [3.8, 4) is 0 Å². The quantitative estimate of drug-likeness (QED) is 0.569. The van der Waals surface area contributed by atoms with E-state index in [0.717, 1.165) is 19.1 Å². The molecular weight excluding hydrogens is 409 g/mol. The normalized spacial score (nSPS) is 11.3. The molecule has 0 bridgehead atoms. The van der Waals surface area contributed by atoms with Gasteiger partial charge in [-0.05, 0) is 18.1 Å². The minimum Gasteiger partial charge on any atom is -0.278 e. The lowest BCUT2D eigenvalue weighted by Gasteiger charge is -2.13. The molecule has 0 aliphatic rings. The summed E-state index contributed by atoms with van der Waals surface area (Å²) in [5.74, 6) is -0.798. The summed E-state index contributed by atoms with van der Waals surface area (Å²) in [5.41, 5.74) is -0.189. The van der Waals surface area contributed by atoms with Gasteiger partial charge in [-0.25, -0.2) is 27.5 Å². The number of benzene rings is 1. The number of imide groups is 3. The van der Waals surface area contributed by atoms with E-state index < -0.39 is 57.9 Å². The minimum absolute atomic E-state index is 0.189. The molecular formula is C14H15F3N4O6S. The maximum Gasteiger partial charge on any atom is 0.389 e. The number of nitrogens with one attached hydrogen (secondary N) is 4. The summed E-state index contributed by atoms with van der Waals surface area (Å²) < 4.78 is 63.0. The van der Waals surface area contributed by atoms with E-state index in [0.29, 0.717) is 0 Å². The molecule has 0 aliphatic carbocycles. The molecule has 28 heavy (non-hydrogen) atoms. The molecule has 14 heteroatoms. The number of hydrogen-bond donors (Lipinski definition) is 4.